The van der Waals surface area contributed by atoms with Crippen molar-refractivity contribution in [2.45, 2.75) is 17.7 Å². The summed E-state index contributed by atoms with van der Waals surface area (Å²) in [5.74, 6) is -0.510. The van der Waals surface area contributed by atoms with Gasteiger partial charge in [-0.15, -0.1) is 0 Å². The van der Waals surface area contributed by atoms with Crippen molar-refractivity contribution in [1.82, 2.24) is 4.90 Å². The number of halogens is 1. The molecule has 0 aliphatic carbocycles. The fourth-order valence-corrected chi connectivity index (χ4v) is 4.21. The summed E-state index contributed by atoms with van der Waals surface area (Å²) in [5.41, 5.74) is 1.16. The molecule has 0 N–H and O–H groups in total. The first kappa shape index (κ1) is 21.3. The summed E-state index contributed by atoms with van der Waals surface area (Å²) in [6, 6.07) is 12.9. The van der Waals surface area contributed by atoms with E-state index in [1.54, 1.807) is 48.3 Å². The predicted octanol–water partition coefficient (Wildman–Crippen LogP) is 3.26. The molecule has 2 aromatic carbocycles. The SMILES string of the molecule is CN(C(=O)C1CCCN(C(=O)c2ccc(Cl)cc2)C1)c1ccc(S(C)(=O)=O)cc1. The van der Waals surface area contributed by atoms with Gasteiger partial charge in [0.1, 0.15) is 0 Å². The molecule has 1 heterocycles. The van der Waals surface area contributed by atoms with Gasteiger partial charge in [0.2, 0.25) is 5.91 Å². The zero-order chi connectivity index (χ0) is 21.2. The highest BCUT2D eigenvalue weighted by atomic mass is 35.5. The molecule has 3 rings (SSSR count). The molecule has 1 aliphatic rings. The number of anilines is 1. The Morgan fingerprint density at radius 1 is 1.07 bits per heavy atom. The Balaban J connectivity index is 1.70. The van der Waals surface area contributed by atoms with E-state index in [-0.39, 0.29) is 22.6 Å². The van der Waals surface area contributed by atoms with Crippen LogP contribution in [0.1, 0.15) is 23.2 Å². The Hall–Kier alpha value is -2.38. The highest BCUT2D eigenvalue weighted by Crippen LogP contribution is 2.24. The van der Waals surface area contributed by atoms with Crippen molar-refractivity contribution in [1.29, 1.82) is 0 Å². The van der Waals surface area contributed by atoms with Crippen LogP contribution in [-0.4, -0.2) is 51.5 Å². The van der Waals surface area contributed by atoms with Crippen LogP contribution in [0.15, 0.2) is 53.4 Å². The molecule has 1 saturated heterocycles. The van der Waals surface area contributed by atoms with E-state index in [4.69, 9.17) is 11.6 Å². The van der Waals surface area contributed by atoms with E-state index >= 15 is 0 Å². The van der Waals surface area contributed by atoms with Crippen molar-refractivity contribution in [3.05, 3.63) is 59.1 Å². The molecule has 154 valence electrons. The lowest BCUT2D eigenvalue weighted by atomic mass is 9.95. The molecule has 0 saturated carbocycles. The number of benzene rings is 2. The maximum Gasteiger partial charge on any atom is 0.253 e. The Morgan fingerprint density at radius 2 is 1.69 bits per heavy atom. The number of likely N-dealkylation sites (tertiary alicyclic amines) is 1. The van der Waals surface area contributed by atoms with Gasteiger partial charge >= 0.3 is 0 Å². The lowest BCUT2D eigenvalue weighted by molar-refractivity contribution is -0.123. The van der Waals surface area contributed by atoms with Crippen LogP contribution in [0.25, 0.3) is 0 Å². The number of nitrogens with zero attached hydrogens (tertiary/aromatic N) is 2. The summed E-state index contributed by atoms with van der Waals surface area (Å²) >= 11 is 5.89. The van der Waals surface area contributed by atoms with Gasteiger partial charge in [-0.1, -0.05) is 11.6 Å². The van der Waals surface area contributed by atoms with Gasteiger partial charge in [-0.3, -0.25) is 9.59 Å². The van der Waals surface area contributed by atoms with E-state index in [9.17, 15) is 18.0 Å². The Kier molecular flexibility index (Phi) is 6.29. The number of rotatable bonds is 4. The number of hydrogen-bond donors (Lipinski definition) is 0. The minimum absolute atomic E-state index is 0.0919. The average Bonchev–Trinajstić information content (AvgIpc) is 2.72. The first-order valence-corrected chi connectivity index (χ1v) is 11.6. The molecule has 29 heavy (non-hydrogen) atoms. The highest BCUT2D eigenvalue weighted by Gasteiger charge is 2.31. The van der Waals surface area contributed by atoms with Crippen LogP contribution in [0.3, 0.4) is 0 Å². The fourth-order valence-electron chi connectivity index (χ4n) is 3.46. The number of hydrogen-bond acceptors (Lipinski definition) is 4. The number of carbonyl (C=O) groups is 2. The van der Waals surface area contributed by atoms with Gasteiger partial charge in [0.25, 0.3) is 5.91 Å². The molecule has 0 bridgehead atoms. The van der Waals surface area contributed by atoms with Gasteiger partial charge < -0.3 is 9.80 Å². The topological polar surface area (TPSA) is 74.8 Å². The zero-order valence-corrected chi connectivity index (χ0v) is 17.9. The number of piperidine rings is 1. The maximum atomic E-state index is 13.0. The Labute approximate surface area is 176 Å². The predicted molar refractivity (Wildman–Crippen MR) is 113 cm³/mol. The van der Waals surface area contributed by atoms with E-state index < -0.39 is 9.84 Å². The molecule has 8 heteroatoms. The van der Waals surface area contributed by atoms with Crippen LogP contribution >= 0.6 is 11.6 Å². The first-order valence-electron chi connectivity index (χ1n) is 9.29. The van der Waals surface area contributed by atoms with Crippen molar-refractivity contribution in [3.63, 3.8) is 0 Å². The summed E-state index contributed by atoms with van der Waals surface area (Å²) in [4.78, 5) is 29.2. The summed E-state index contributed by atoms with van der Waals surface area (Å²) < 4.78 is 23.2. The van der Waals surface area contributed by atoms with Crippen LogP contribution in [-0.2, 0) is 14.6 Å². The Bertz CT molecular complexity index is 1000. The van der Waals surface area contributed by atoms with E-state index in [2.05, 4.69) is 0 Å². The summed E-state index contributed by atoms with van der Waals surface area (Å²) in [7, 11) is -1.62. The molecule has 2 aromatic rings. The van der Waals surface area contributed by atoms with Crippen LogP contribution in [0, 0.1) is 5.92 Å². The second-order valence-corrected chi connectivity index (χ2v) is 9.71. The van der Waals surface area contributed by atoms with Gasteiger partial charge in [-0.25, -0.2) is 8.42 Å². The van der Waals surface area contributed by atoms with Gasteiger partial charge in [-0.05, 0) is 61.4 Å². The molecule has 2 amide bonds. The molecule has 0 spiro atoms. The normalized spacial score (nSPS) is 17.1. The number of carbonyl (C=O) groups excluding carboxylic acids is 2. The zero-order valence-electron chi connectivity index (χ0n) is 16.3. The molecule has 6 nitrogen and oxygen atoms in total. The van der Waals surface area contributed by atoms with Crippen molar-refractivity contribution >= 4 is 38.9 Å². The molecule has 1 fully saturated rings. The third-order valence-electron chi connectivity index (χ3n) is 5.13. The highest BCUT2D eigenvalue weighted by molar-refractivity contribution is 7.90. The molecular weight excluding hydrogens is 412 g/mol. The smallest absolute Gasteiger partial charge is 0.253 e. The van der Waals surface area contributed by atoms with Crippen molar-refractivity contribution < 1.29 is 18.0 Å². The number of amides is 2. The maximum absolute atomic E-state index is 13.0. The third-order valence-corrected chi connectivity index (χ3v) is 6.51. The summed E-state index contributed by atoms with van der Waals surface area (Å²) in [5, 5.41) is 0.566. The van der Waals surface area contributed by atoms with Crippen LogP contribution < -0.4 is 4.90 Å². The van der Waals surface area contributed by atoms with Crippen LogP contribution in [0.5, 0.6) is 0 Å². The van der Waals surface area contributed by atoms with Gasteiger partial charge in [-0.2, -0.15) is 0 Å². The van der Waals surface area contributed by atoms with Crippen LogP contribution in [0.4, 0.5) is 5.69 Å². The molecule has 0 aromatic heterocycles. The first-order chi connectivity index (χ1) is 13.7. The molecule has 1 unspecified atom stereocenters. The second kappa shape index (κ2) is 8.55. The fraction of sp³-hybridized carbons (Fsp3) is 0.333. The quantitative estimate of drug-likeness (QED) is 0.740. The van der Waals surface area contributed by atoms with Crippen molar-refractivity contribution in [2.24, 2.45) is 5.92 Å². The molecule has 1 aliphatic heterocycles. The minimum Gasteiger partial charge on any atom is -0.338 e. The van der Waals surface area contributed by atoms with Gasteiger partial charge in [0.15, 0.2) is 9.84 Å². The molecule has 0 radical (unpaired) electrons. The standard InChI is InChI=1S/C21H23ClN2O4S/c1-23(18-9-11-19(12-10-18)29(2,27)28)20(25)16-4-3-13-24(14-16)21(26)15-5-7-17(22)8-6-15/h5-12,16H,3-4,13-14H2,1-2H3. The third kappa shape index (κ3) is 4.97. The van der Waals surface area contributed by atoms with Crippen molar-refractivity contribution in [3.8, 4) is 0 Å². The largest absolute Gasteiger partial charge is 0.338 e. The lowest BCUT2D eigenvalue weighted by Crippen LogP contribution is -2.46. The van der Waals surface area contributed by atoms with Gasteiger partial charge in [0, 0.05) is 42.7 Å². The Morgan fingerprint density at radius 3 is 2.28 bits per heavy atom. The minimum atomic E-state index is -3.29. The van der Waals surface area contributed by atoms with E-state index in [0.717, 1.165) is 12.7 Å². The van der Waals surface area contributed by atoms with E-state index in [0.29, 0.717) is 35.8 Å². The molecular formula is C21H23ClN2O4S. The lowest BCUT2D eigenvalue weighted by Gasteiger charge is -2.34. The van der Waals surface area contributed by atoms with E-state index in [1.165, 1.54) is 17.0 Å². The second-order valence-electron chi connectivity index (χ2n) is 7.26. The summed E-state index contributed by atoms with van der Waals surface area (Å²) in [6.45, 7) is 0.962. The summed E-state index contributed by atoms with van der Waals surface area (Å²) in [6.07, 6.45) is 2.59. The number of sulfone groups is 1. The molecule has 1 atom stereocenters. The van der Waals surface area contributed by atoms with Crippen LogP contribution in [0.2, 0.25) is 5.02 Å². The monoisotopic (exact) mass is 434 g/mol. The van der Waals surface area contributed by atoms with E-state index in [1.807, 2.05) is 0 Å². The average molecular weight is 435 g/mol. The van der Waals surface area contributed by atoms with Crippen molar-refractivity contribution in [2.75, 3.05) is 31.3 Å². The van der Waals surface area contributed by atoms with Gasteiger partial charge in [0.05, 0.1) is 10.8 Å².